The largest absolute Gasteiger partial charge is 0.454 e. The minimum atomic E-state index is -2.94. The number of rotatable bonds is 4. The van der Waals surface area contributed by atoms with E-state index in [0.717, 1.165) is 33.2 Å². The highest BCUT2D eigenvalue weighted by Crippen LogP contribution is 2.42. The number of benzene rings is 5. The lowest BCUT2D eigenvalue weighted by Gasteiger charge is -2.09. The summed E-state index contributed by atoms with van der Waals surface area (Å²) in [5, 5.41) is 11.6. The molecule has 0 atom stereocenters. The topological polar surface area (TPSA) is 40.8 Å². The average Bonchev–Trinajstić information content (AvgIpc) is 3.46. The number of furan rings is 1. The van der Waals surface area contributed by atoms with Gasteiger partial charge in [-0.3, -0.25) is 0 Å². The number of hydrogen-bond donors (Lipinski definition) is 0. The van der Waals surface area contributed by atoms with Crippen molar-refractivity contribution < 1.29 is 20.2 Å². The Balaban J connectivity index is 1.42. The summed E-state index contributed by atoms with van der Waals surface area (Å²) in [5.41, 5.74) is 7.14. The molecule has 2 aromatic heterocycles. The summed E-state index contributed by atoms with van der Waals surface area (Å²) in [6.45, 7) is -1.16. The van der Waals surface area contributed by atoms with Gasteiger partial charge in [0.15, 0.2) is 5.82 Å². The van der Waals surface area contributed by atoms with Gasteiger partial charge < -0.3 is 4.42 Å². The summed E-state index contributed by atoms with van der Waals surface area (Å²) in [6.07, 6.45) is -0.651. The zero-order valence-electron chi connectivity index (χ0n) is 28.5. The van der Waals surface area contributed by atoms with Gasteiger partial charge in [0.25, 0.3) is 0 Å². The van der Waals surface area contributed by atoms with Crippen molar-refractivity contribution in [2.75, 3.05) is 0 Å². The van der Waals surface area contributed by atoms with Crippen LogP contribution in [-0.4, -0.2) is 0 Å². The van der Waals surface area contributed by atoms with Crippen molar-refractivity contribution in [2.24, 2.45) is 7.05 Å². The molecule has 5 aromatic carbocycles. The second-order valence-corrected chi connectivity index (χ2v) is 10.6. The Morgan fingerprint density at radius 3 is 2.07 bits per heavy atom. The fourth-order valence-corrected chi connectivity index (χ4v) is 5.76. The van der Waals surface area contributed by atoms with Crippen LogP contribution in [0.15, 0.2) is 120 Å². The van der Waals surface area contributed by atoms with Crippen LogP contribution in [-0.2, 0) is 7.05 Å². The van der Waals surface area contributed by atoms with Gasteiger partial charge in [-0.1, -0.05) is 84.9 Å². The fourth-order valence-electron chi connectivity index (χ4n) is 5.76. The maximum atomic E-state index is 15.1. The monoisotopic (exact) mass is 564 g/mol. The van der Waals surface area contributed by atoms with E-state index in [1.54, 1.807) is 13.0 Å². The van der Waals surface area contributed by atoms with Gasteiger partial charge in [0.05, 0.1) is 18.6 Å². The molecule has 0 unspecified atom stereocenters. The van der Waals surface area contributed by atoms with Gasteiger partial charge in [-0.2, -0.15) is 9.83 Å². The van der Waals surface area contributed by atoms with E-state index in [4.69, 9.17) is 11.3 Å². The predicted octanol–water partition coefficient (Wildman–Crippen LogP) is 9.71. The third-order valence-electron chi connectivity index (χ3n) is 7.92. The Labute approximate surface area is 256 Å². The van der Waals surface area contributed by atoms with Gasteiger partial charge >= 0.3 is 0 Å². The van der Waals surface area contributed by atoms with Crippen LogP contribution < -0.4 is 4.57 Å². The van der Waals surface area contributed by atoms with Crippen LogP contribution in [0.25, 0.3) is 66.6 Å². The lowest BCUT2D eigenvalue weighted by molar-refractivity contribution is -0.662. The standard InChI is InChI=1S/C39H28FN2O/c1-24-12-18-32-33-19-17-31(22-41)37(39(33)43-38(32)36(24)35-20-25(2)34(40)23-42(35)3)28-15-13-27(14-16-28)30-11-7-10-29(21-30)26-8-5-4-6-9-26/h4-21,23H,1-3H3/q+1/i2D3,20D,23D. The van der Waals surface area contributed by atoms with E-state index in [9.17, 15) is 5.26 Å². The second kappa shape index (κ2) is 10.4. The Hall–Kier alpha value is -5.53. The third kappa shape index (κ3) is 4.47. The number of aromatic nitrogens is 1. The number of nitriles is 1. The van der Waals surface area contributed by atoms with Crippen molar-refractivity contribution in [3.05, 3.63) is 138 Å². The molecule has 0 N–H and O–H groups in total. The molecule has 3 nitrogen and oxygen atoms in total. The summed E-state index contributed by atoms with van der Waals surface area (Å²) < 4.78 is 63.8. The van der Waals surface area contributed by atoms with E-state index in [1.807, 2.05) is 66.7 Å². The van der Waals surface area contributed by atoms with Crippen LogP contribution in [0.5, 0.6) is 0 Å². The molecule has 2 heterocycles. The fraction of sp³-hybridized carbons (Fsp3) is 0.0769. The number of pyridine rings is 1. The highest BCUT2D eigenvalue weighted by atomic mass is 19.1. The molecule has 0 aliphatic rings. The van der Waals surface area contributed by atoms with E-state index in [2.05, 4.69) is 36.4 Å². The van der Waals surface area contributed by atoms with Crippen molar-refractivity contribution in [1.82, 2.24) is 0 Å². The molecule has 0 spiro atoms. The first-order chi connectivity index (χ1) is 23.0. The van der Waals surface area contributed by atoms with E-state index < -0.39 is 30.4 Å². The zero-order valence-corrected chi connectivity index (χ0v) is 23.5. The van der Waals surface area contributed by atoms with Gasteiger partial charge in [0.2, 0.25) is 11.9 Å². The lowest BCUT2D eigenvalue weighted by atomic mass is 9.94. The van der Waals surface area contributed by atoms with Crippen molar-refractivity contribution in [3.8, 4) is 50.7 Å². The van der Waals surface area contributed by atoms with Crippen molar-refractivity contribution >= 4 is 21.9 Å². The minimum Gasteiger partial charge on any atom is -0.454 e. The van der Waals surface area contributed by atoms with Crippen LogP contribution >= 0.6 is 0 Å². The Kier molecular flexibility index (Phi) is 5.12. The molecule has 7 aromatic rings. The van der Waals surface area contributed by atoms with Crippen LogP contribution in [0.4, 0.5) is 4.39 Å². The van der Waals surface area contributed by atoms with E-state index >= 15 is 4.39 Å². The second-order valence-electron chi connectivity index (χ2n) is 10.6. The molecular formula is C39H28FN2O+. The van der Waals surface area contributed by atoms with E-state index in [1.165, 1.54) is 11.6 Å². The maximum absolute atomic E-state index is 15.1. The first-order valence-electron chi connectivity index (χ1n) is 16.3. The average molecular weight is 565 g/mol. The maximum Gasteiger partial charge on any atom is 0.216 e. The summed E-state index contributed by atoms with van der Waals surface area (Å²) in [7, 11) is 1.43. The number of nitrogens with zero attached hydrogens (tertiary/aromatic N) is 2. The summed E-state index contributed by atoms with van der Waals surface area (Å²) in [5.74, 6) is -1.25. The molecule has 43 heavy (non-hydrogen) atoms. The minimum absolute atomic E-state index is 0.0545. The lowest BCUT2D eigenvalue weighted by Crippen LogP contribution is -2.31. The molecule has 0 aliphatic carbocycles. The molecule has 0 bridgehead atoms. The normalized spacial score (nSPS) is 13.2. The summed E-state index contributed by atoms with van der Waals surface area (Å²) in [6, 6.07) is 35.4. The van der Waals surface area contributed by atoms with Crippen LogP contribution in [0.3, 0.4) is 0 Å². The Morgan fingerprint density at radius 1 is 0.744 bits per heavy atom. The van der Waals surface area contributed by atoms with E-state index in [0.29, 0.717) is 38.8 Å². The molecular weight excluding hydrogens is 531 g/mol. The smallest absolute Gasteiger partial charge is 0.216 e. The molecule has 206 valence electrons. The predicted molar refractivity (Wildman–Crippen MR) is 171 cm³/mol. The quantitative estimate of drug-likeness (QED) is 0.200. The van der Waals surface area contributed by atoms with Crippen LogP contribution in [0, 0.1) is 30.9 Å². The highest BCUT2D eigenvalue weighted by molar-refractivity contribution is 6.14. The molecule has 0 aliphatic heterocycles. The molecule has 7 rings (SSSR count). The van der Waals surface area contributed by atoms with Gasteiger partial charge in [0.1, 0.15) is 19.6 Å². The molecule has 0 saturated heterocycles. The number of aryl methyl sites for hydroxylation is 1. The molecule has 0 amide bonds. The van der Waals surface area contributed by atoms with Crippen LogP contribution in [0.1, 0.15) is 23.5 Å². The summed E-state index contributed by atoms with van der Waals surface area (Å²) in [4.78, 5) is 0. The SMILES string of the molecule is [2H]c1c(C([2H])([2H])[2H])c(F)c([2H])[n+](C)c1-c1c(C)ccc2c1oc1c(-c3ccc(-c4cccc(-c5ccccc5)c4)cc3)c(C#N)ccc12. The van der Waals surface area contributed by atoms with Gasteiger partial charge in [-0.15, -0.1) is 0 Å². The van der Waals surface area contributed by atoms with Crippen molar-refractivity contribution in [1.29, 1.82) is 5.26 Å². The molecule has 0 saturated carbocycles. The van der Waals surface area contributed by atoms with E-state index in [-0.39, 0.29) is 5.69 Å². The molecule has 0 radical (unpaired) electrons. The first kappa shape index (κ1) is 21.2. The number of hydrogen-bond acceptors (Lipinski definition) is 2. The number of fused-ring (bicyclic) bond motifs is 3. The van der Waals surface area contributed by atoms with Crippen molar-refractivity contribution in [3.63, 3.8) is 0 Å². The Morgan fingerprint density at radius 2 is 1.37 bits per heavy atom. The van der Waals surface area contributed by atoms with Gasteiger partial charge in [-0.05, 0) is 70.9 Å². The zero-order chi connectivity index (χ0) is 33.9. The molecule has 0 fully saturated rings. The third-order valence-corrected chi connectivity index (χ3v) is 7.92. The summed E-state index contributed by atoms with van der Waals surface area (Å²) >= 11 is 0. The van der Waals surface area contributed by atoms with Crippen LogP contribution in [0.2, 0.25) is 0 Å². The Bertz CT molecular complexity index is 2440. The molecule has 4 heteroatoms. The van der Waals surface area contributed by atoms with Gasteiger partial charge in [0, 0.05) is 26.5 Å². The number of halogens is 1. The first-order valence-corrected chi connectivity index (χ1v) is 13.8. The highest BCUT2D eigenvalue weighted by Gasteiger charge is 2.24. The van der Waals surface area contributed by atoms with Crippen molar-refractivity contribution in [2.45, 2.75) is 13.8 Å². The van der Waals surface area contributed by atoms with Gasteiger partial charge in [-0.25, -0.2) is 4.39 Å².